The second-order valence-electron chi connectivity index (χ2n) is 7.40. The van der Waals surface area contributed by atoms with Crippen LogP contribution < -0.4 is 5.73 Å². The van der Waals surface area contributed by atoms with Gasteiger partial charge in [0.1, 0.15) is 6.61 Å². The Labute approximate surface area is 174 Å². The van der Waals surface area contributed by atoms with Gasteiger partial charge >= 0.3 is 11.9 Å². The van der Waals surface area contributed by atoms with Crippen LogP contribution in [0.5, 0.6) is 0 Å². The zero-order chi connectivity index (χ0) is 21.1. The Bertz CT molecular complexity index is 1020. The zero-order valence-electron chi connectivity index (χ0n) is 16.3. The number of hydrogen-bond donors (Lipinski definition) is 2. The second kappa shape index (κ2) is 8.47. The van der Waals surface area contributed by atoms with Crippen LogP contribution in [0.25, 0.3) is 11.1 Å². The topological polar surface area (TPSA) is 103 Å². The van der Waals surface area contributed by atoms with Crippen molar-refractivity contribution in [2.45, 2.75) is 18.4 Å². The number of carbonyl (C=O) groups excluding carboxylic acids is 1. The van der Waals surface area contributed by atoms with Crippen molar-refractivity contribution in [1.29, 1.82) is 0 Å². The van der Waals surface area contributed by atoms with E-state index in [2.05, 4.69) is 4.98 Å². The Morgan fingerprint density at radius 3 is 2.20 bits per heavy atom. The average molecular weight is 402 g/mol. The number of nitrogens with two attached hydrogens (primary N) is 1. The highest BCUT2D eigenvalue weighted by molar-refractivity contribution is 5.95. The van der Waals surface area contributed by atoms with Gasteiger partial charge in [-0.2, -0.15) is 0 Å². The summed E-state index contributed by atoms with van der Waals surface area (Å²) < 4.78 is 5.51. The number of fused-ring (bicyclic) bond motifs is 3. The van der Waals surface area contributed by atoms with Gasteiger partial charge in [0.05, 0.1) is 0 Å². The molecule has 2 atom stereocenters. The van der Waals surface area contributed by atoms with Crippen molar-refractivity contribution in [2.24, 2.45) is 11.7 Å². The van der Waals surface area contributed by atoms with E-state index in [1.807, 2.05) is 48.5 Å². The lowest BCUT2D eigenvalue weighted by Gasteiger charge is -2.21. The molecule has 0 radical (unpaired) electrons. The third-order valence-electron chi connectivity index (χ3n) is 5.50. The Morgan fingerprint density at radius 1 is 1.00 bits per heavy atom. The molecule has 4 rings (SSSR count). The fourth-order valence-electron chi connectivity index (χ4n) is 4.06. The number of hydrogen-bond acceptors (Lipinski definition) is 5. The van der Waals surface area contributed by atoms with Gasteiger partial charge in [-0.05, 0) is 40.3 Å². The summed E-state index contributed by atoms with van der Waals surface area (Å²) in [4.78, 5) is 28.5. The molecule has 3 N–H and O–H groups in total. The van der Waals surface area contributed by atoms with Gasteiger partial charge in [-0.25, -0.2) is 0 Å². The molecule has 1 aliphatic rings. The summed E-state index contributed by atoms with van der Waals surface area (Å²) >= 11 is 0. The van der Waals surface area contributed by atoms with Crippen LogP contribution in [-0.4, -0.2) is 34.7 Å². The van der Waals surface area contributed by atoms with Crippen molar-refractivity contribution in [3.8, 4) is 11.1 Å². The molecule has 0 aliphatic heterocycles. The maximum atomic E-state index is 12.7. The molecule has 6 heteroatoms. The van der Waals surface area contributed by atoms with Crippen molar-refractivity contribution in [3.63, 3.8) is 0 Å². The molecule has 1 aliphatic carbocycles. The number of benzene rings is 2. The van der Waals surface area contributed by atoms with E-state index < -0.39 is 23.9 Å². The molecule has 2 aromatic carbocycles. The fourth-order valence-corrected chi connectivity index (χ4v) is 4.06. The minimum Gasteiger partial charge on any atom is -0.481 e. The molecule has 0 unspecified atom stereocenters. The third kappa shape index (κ3) is 3.82. The minimum absolute atomic E-state index is 0.0657. The molecule has 30 heavy (non-hydrogen) atoms. The van der Waals surface area contributed by atoms with Gasteiger partial charge in [-0.3, -0.25) is 14.6 Å². The zero-order valence-corrected chi connectivity index (χ0v) is 16.3. The number of aliphatic carboxylic acids is 1. The van der Waals surface area contributed by atoms with Crippen molar-refractivity contribution in [2.75, 3.05) is 6.61 Å². The first-order chi connectivity index (χ1) is 14.6. The molecule has 3 aromatic rings. The summed E-state index contributed by atoms with van der Waals surface area (Å²) in [5, 5.41) is 9.60. The number of esters is 1. The second-order valence-corrected chi connectivity index (χ2v) is 7.40. The molecule has 0 saturated heterocycles. The summed E-state index contributed by atoms with van der Waals surface area (Å²) in [6.07, 6.45) is 3.45. The number of carboxylic acid groups (broad SMARTS) is 1. The fraction of sp³-hybridized carbons (Fsp3) is 0.208. The Hall–Kier alpha value is -3.51. The van der Waals surface area contributed by atoms with E-state index in [-0.39, 0.29) is 18.9 Å². The van der Waals surface area contributed by atoms with Crippen LogP contribution in [0.4, 0.5) is 0 Å². The first-order valence-electron chi connectivity index (χ1n) is 9.78. The monoisotopic (exact) mass is 402 g/mol. The summed E-state index contributed by atoms with van der Waals surface area (Å²) in [6, 6.07) is 18.6. The smallest absolute Gasteiger partial charge is 0.321 e. The van der Waals surface area contributed by atoms with E-state index in [1.165, 1.54) is 0 Å². The predicted molar refractivity (Wildman–Crippen MR) is 112 cm³/mol. The molecule has 152 valence electrons. The van der Waals surface area contributed by atoms with Crippen molar-refractivity contribution < 1.29 is 19.4 Å². The average Bonchev–Trinajstić information content (AvgIpc) is 3.06. The van der Waals surface area contributed by atoms with Gasteiger partial charge in [-0.15, -0.1) is 0 Å². The normalized spacial score (nSPS) is 14.4. The van der Waals surface area contributed by atoms with Crippen molar-refractivity contribution in [3.05, 3.63) is 89.7 Å². The Balaban J connectivity index is 1.50. The van der Waals surface area contributed by atoms with E-state index in [0.717, 1.165) is 27.8 Å². The number of pyridine rings is 1. The Kier molecular flexibility index (Phi) is 5.59. The summed E-state index contributed by atoms with van der Waals surface area (Å²) in [7, 11) is 0. The largest absolute Gasteiger partial charge is 0.481 e. The quantitative estimate of drug-likeness (QED) is 0.465. The van der Waals surface area contributed by atoms with E-state index in [1.54, 1.807) is 24.5 Å². The lowest BCUT2D eigenvalue weighted by molar-refractivity contribution is -0.159. The van der Waals surface area contributed by atoms with Gasteiger partial charge in [0.2, 0.25) is 0 Å². The number of ether oxygens (including phenoxy) is 1. The number of rotatable bonds is 7. The highest BCUT2D eigenvalue weighted by Gasteiger charge is 2.36. The molecule has 0 fully saturated rings. The number of nitrogens with zero attached hydrogens (tertiary/aromatic N) is 1. The first-order valence-corrected chi connectivity index (χ1v) is 9.78. The van der Waals surface area contributed by atoms with Crippen molar-refractivity contribution >= 4 is 11.9 Å². The highest BCUT2D eigenvalue weighted by atomic mass is 16.5. The Morgan fingerprint density at radius 2 is 1.63 bits per heavy atom. The predicted octanol–water partition coefficient (Wildman–Crippen LogP) is 3.01. The summed E-state index contributed by atoms with van der Waals surface area (Å²) in [5.74, 6) is -3.69. The van der Waals surface area contributed by atoms with Gasteiger partial charge < -0.3 is 15.6 Å². The summed E-state index contributed by atoms with van der Waals surface area (Å²) in [6.45, 7) is 0.0657. The van der Waals surface area contributed by atoms with Gasteiger partial charge in [0, 0.05) is 24.4 Å². The third-order valence-corrected chi connectivity index (χ3v) is 5.50. The maximum Gasteiger partial charge on any atom is 0.321 e. The van der Waals surface area contributed by atoms with Crippen LogP contribution in [0.1, 0.15) is 22.6 Å². The first kappa shape index (κ1) is 19.8. The molecule has 6 nitrogen and oxygen atoms in total. The molecule has 0 saturated carbocycles. The number of carboxylic acids is 1. The van der Waals surface area contributed by atoms with Crippen LogP contribution in [0, 0.1) is 5.92 Å². The lowest BCUT2D eigenvalue weighted by Crippen LogP contribution is -2.43. The van der Waals surface area contributed by atoms with E-state index in [0.29, 0.717) is 0 Å². The summed E-state index contributed by atoms with van der Waals surface area (Å²) in [5.41, 5.74) is 11.2. The van der Waals surface area contributed by atoms with Crippen molar-refractivity contribution in [1.82, 2.24) is 4.98 Å². The van der Waals surface area contributed by atoms with Gasteiger partial charge in [0.25, 0.3) is 0 Å². The molecule has 0 spiro atoms. The number of aromatic nitrogens is 1. The van der Waals surface area contributed by atoms with Gasteiger partial charge in [-0.1, -0.05) is 54.6 Å². The van der Waals surface area contributed by atoms with Crippen LogP contribution in [0.3, 0.4) is 0 Å². The molecule has 0 bridgehead atoms. The lowest BCUT2D eigenvalue weighted by atomic mass is 9.94. The van der Waals surface area contributed by atoms with E-state index in [4.69, 9.17) is 10.5 Å². The molecule has 1 aromatic heterocycles. The highest BCUT2D eigenvalue weighted by Crippen LogP contribution is 2.44. The number of carbonyl (C=O) groups is 2. The van der Waals surface area contributed by atoms with E-state index >= 15 is 0 Å². The maximum absolute atomic E-state index is 12.7. The molecule has 1 heterocycles. The molecule has 0 amide bonds. The van der Waals surface area contributed by atoms with Crippen LogP contribution in [0.2, 0.25) is 0 Å². The van der Waals surface area contributed by atoms with Crippen LogP contribution in [-0.2, 0) is 20.7 Å². The molecular formula is C24H22N2O4. The van der Waals surface area contributed by atoms with E-state index in [9.17, 15) is 14.7 Å². The minimum atomic E-state index is -1.45. The van der Waals surface area contributed by atoms with Crippen LogP contribution in [0.15, 0.2) is 73.1 Å². The molecular weight excluding hydrogens is 380 g/mol. The van der Waals surface area contributed by atoms with Crippen LogP contribution >= 0.6 is 0 Å². The standard InChI is InChI=1S/C24H22N2O4/c25-21(12-15-6-5-11-26-13-15)22(23(27)28)24(29)30-14-20-18-9-3-1-7-16(18)17-8-2-4-10-19(17)20/h1-11,13,20-22H,12,14,25H2,(H,27,28)/t21-,22-/m1/s1. The van der Waals surface area contributed by atoms with Gasteiger partial charge in [0.15, 0.2) is 5.92 Å². The SMILES string of the molecule is N[C@H](Cc1cccnc1)[C@H](C(=O)O)C(=O)OCC1c2ccccc2-c2ccccc21.